The van der Waals surface area contributed by atoms with Crippen molar-refractivity contribution in [1.29, 1.82) is 0 Å². The van der Waals surface area contributed by atoms with Crippen LogP contribution in [0.5, 0.6) is 0 Å². The van der Waals surface area contributed by atoms with Crippen molar-refractivity contribution in [3.63, 3.8) is 0 Å². The maximum Gasteiger partial charge on any atom is 0.245 e. The summed E-state index contributed by atoms with van der Waals surface area (Å²) in [5.74, 6) is 0.420. The minimum absolute atomic E-state index is 0.188. The summed E-state index contributed by atoms with van der Waals surface area (Å²) in [5.41, 5.74) is 7.82. The molecule has 8 heteroatoms. The van der Waals surface area contributed by atoms with Crippen LogP contribution >= 0.6 is 0 Å². The minimum atomic E-state index is -3.67. The summed E-state index contributed by atoms with van der Waals surface area (Å²) in [5, 5.41) is 0.794. The highest BCUT2D eigenvalue weighted by atomic mass is 32.2. The monoisotopic (exact) mass is 341 g/mol. The number of nitrogens with two attached hydrogens (primary N) is 1. The van der Waals surface area contributed by atoms with E-state index in [2.05, 4.69) is 15.0 Å². The zero-order chi connectivity index (χ0) is 16.7. The Morgan fingerprint density at radius 2 is 1.92 bits per heavy atom. The standard InChI is InChI=1S/C16H15N5O2S/c17-16-12-6-8-21(9-13(12)19-10-20-16)24(22,23)14-5-1-3-11-4-2-7-18-15(11)14/h1-5,7,10H,6,8-9H2,(H2,17,19,20). The van der Waals surface area contributed by atoms with Gasteiger partial charge in [-0.1, -0.05) is 18.2 Å². The van der Waals surface area contributed by atoms with Gasteiger partial charge in [0.15, 0.2) is 0 Å². The molecule has 7 nitrogen and oxygen atoms in total. The number of nitrogen functional groups attached to an aromatic ring is 1. The van der Waals surface area contributed by atoms with Gasteiger partial charge in [-0.2, -0.15) is 4.31 Å². The second kappa shape index (κ2) is 5.50. The van der Waals surface area contributed by atoms with Gasteiger partial charge in [0.05, 0.1) is 17.8 Å². The fraction of sp³-hybridized carbons (Fsp3) is 0.188. The number of pyridine rings is 1. The van der Waals surface area contributed by atoms with Gasteiger partial charge in [0, 0.05) is 23.7 Å². The summed E-state index contributed by atoms with van der Waals surface area (Å²) in [7, 11) is -3.67. The number of benzene rings is 1. The number of anilines is 1. The van der Waals surface area contributed by atoms with E-state index in [0.29, 0.717) is 30.0 Å². The maximum atomic E-state index is 13.1. The molecule has 0 radical (unpaired) electrons. The number of hydrogen-bond acceptors (Lipinski definition) is 6. The molecule has 1 aliphatic rings. The van der Waals surface area contributed by atoms with Crippen molar-refractivity contribution in [3.8, 4) is 0 Å². The fourth-order valence-electron chi connectivity index (χ4n) is 2.98. The van der Waals surface area contributed by atoms with Crippen molar-refractivity contribution >= 4 is 26.7 Å². The summed E-state index contributed by atoms with van der Waals surface area (Å²) in [6, 6.07) is 8.81. The first-order valence-corrected chi connectivity index (χ1v) is 8.93. The molecular weight excluding hydrogens is 326 g/mol. The number of nitrogens with zero attached hydrogens (tertiary/aromatic N) is 4. The molecule has 0 spiro atoms. The van der Waals surface area contributed by atoms with Crippen LogP contribution in [0.3, 0.4) is 0 Å². The molecule has 0 bridgehead atoms. The number of hydrogen-bond donors (Lipinski definition) is 1. The Balaban J connectivity index is 1.78. The molecule has 0 saturated heterocycles. The lowest BCUT2D eigenvalue weighted by atomic mass is 10.1. The molecule has 0 atom stereocenters. The highest BCUT2D eigenvalue weighted by Gasteiger charge is 2.31. The molecule has 0 fully saturated rings. The van der Waals surface area contributed by atoms with Crippen molar-refractivity contribution in [2.75, 3.05) is 12.3 Å². The van der Waals surface area contributed by atoms with Gasteiger partial charge in [-0.25, -0.2) is 18.4 Å². The van der Waals surface area contributed by atoms with E-state index in [1.165, 1.54) is 10.6 Å². The fourth-order valence-corrected chi connectivity index (χ4v) is 4.55. The summed E-state index contributed by atoms with van der Waals surface area (Å²) in [6.45, 7) is 0.531. The van der Waals surface area contributed by atoms with Crippen LogP contribution in [0.15, 0.2) is 47.8 Å². The van der Waals surface area contributed by atoms with Gasteiger partial charge in [0.2, 0.25) is 10.0 Å². The molecule has 3 heterocycles. The van der Waals surface area contributed by atoms with E-state index in [-0.39, 0.29) is 11.4 Å². The number of para-hydroxylation sites is 1. The summed E-state index contributed by atoms with van der Waals surface area (Å²) in [4.78, 5) is 12.6. The van der Waals surface area contributed by atoms with Crippen molar-refractivity contribution in [1.82, 2.24) is 19.3 Å². The van der Waals surface area contributed by atoms with Crippen molar-refractivity contribution < 1.29 is 8.42 Å². The molecule has 2 N–H and O–H groups in total. The largest absolute Gasteiger partial charge is 0.383 e. The summed E-state index contributed by atoms with van der Waals surface area (Å²) in [6.07, 6.45) is 3.46. The number of fused-ring (bicyclic) bond motifs is 2. The summed E-state index contributed by atoms with van der Waals surface area (Å²) < 4.78 is 27.6. The molecule has 4 rings (SSSR count). The Labute approximate surface area is 139 Å². The zero-order valence-electron chi connectivity index (χ0n) is 12.8. The molecule has 0 amide bonds. The van der Waals surface area contributed by atoms with E-state index in [9.17, 15) is 8.42 Å². The van der Waals surface area contributed by atoms with Crippen molar-refractivity contribution in [3.05, 3.63) is 54.1 Å². The number of sulfonamides is 1. The third-order valence-corrected chi connectivity index (χ3v) is 6.10. The third kappa shape index (κ3) is 2.31. The first kappa shape index (κ1) is 15.0. The van der Waals surface area contributed by atoms with Gasteiger partial charge in [0.25, 0.3) is 0 Å². The second-order valence-electron chi connectivity index (χ2n) is 5.60. The van der Waals surface area contributed by atoms with Crippen LogP contribution in [-0.4, -0.2) is 34.2 Å². The van der Waals surface area contributed by atoms with E-state index in [4.69, 9.17) is 5.73 Å². The van der Waals surface area contributed by atoms with E-state index in [1.54, 1.807) is 24.4 Å². The predicted molar refractivity (Wildman–Crippen MR) is 89.5 cm³/mol. The zero-order valence-corrected chi connectivity index (χ0v) is 13.6. The topological polar surface area (TPSA) is 102 Å². The Morgan fingerprint density at radius 1 is 1.08 bits per heavy atom. The number of rotatable bonds is 2. The lowest BCUT2D eigenvalue weighted by Crippen LogP contribution is -2.37. The molecule has 122 valence electrons. The van der Waals surface area contributed by atoms with Gasteiger partial charge in [0.1, 0.15) is 17.0 Å². The second-order valence-corrected chi connectivity index (χ2v) is 7.51. The van der Waals surface area contributed by atoms with Gasteiger partial charge >= 0.3 is 0 Å². The molecule has 24 heavy (non-hydrogen) atoms. The molecule has 0 unspecified atom stereocenters. The normalized spacial score (nSPS) is 15.3. The van der Waals surface area contributed by atoms with Crippen LogP contribution in [0.2, 0.25) is 0 Å². The SMILES string of the molecule is Nc1ncnc2c1CCN(S(=O)(=O)c1cccc3cccnc13)C2. The molecule has 1 aromatic carbocycles. The van der Waals surface area contributed by atoms with Gasteiger partial charge in [-0.3, -0.25) is 4.98 Å². The van der Waals surface area contributed by atoms with Crippen LogP contribution in [-0.2, 0) is 23.0 Å². The number of aromatic nitrogens is 3. The van der Waals surface area contributed by atoms with Crippen molar-refractivity contribution in [2.45, 2.75) is 17.9 Å². The third-order valence-electron chi connectivity index (χ3n) is 4.22. The molecule has 3 aromatic rings. The molecular formula is C16H15N5O2S. The Hall–Kier alpha value is -2.58. The van der Waals surface area contributed by atoms with Gasteiger partial charge in [-0.05, 0) is 18.6 Å². The average molecular weight is 341 g/mol. The molecule has 2 aromatic heterocycles. The highest BCUT2D eigenvalue weighted by Crippen LogP contribution is 2.28. The maximum absolute atomic E-state index is 13.1. The van der Waals surface area contributed by atoms with E-state index in [1.807, 2.05) is 12.1 Å². The highest BCUT2D eigenvalue weighted by molar-refractivity contribution is 7.89. The van der Waals surface area contributed by atoms with Crippen LogP contribution in [0.1, 0.15) is 11.3 Å². The quantitative estimate of drug-likeness (QED) is 0.755. The van der Waals surface area contributed by atoms with Crippen LogP contribution in [0, 0.1) is 0 Å². The lowest BCUT2D eigenvalue weighted by Gasteiger charge is -2.27. The Bertz CT molecular complexity index is 1030. The molecule has 0 saturated carbocycles. The Morgan fingerprint density at radius 3 is 2.79 bits per heavy atom. The van der Waals surface area contributed by atoms with E-state index >= 15 is 0 Å². The van der Waals surface area contributed by atoms with Crippen LogP contribution < -0.4 is 5.73 Å². The Kier molecular flexibility index (Phi) is 3.43. The lowest BCUT2D eigenvalue weighted by molar-refractivity contribution is 0.385. The van der Waals surface area contributed by atoms with Crippen molar-refractivity contribution in [2.24, 2.45) is 0 Å². The van der Waals surface area contributed by atoms with E-state index in [0.717, 1.165) is 10.9 Å². The molecule has 0 aliphatic carbocycles. The average Bonchev–Trinajstić information content (AvgIpc) is 2.61. The summed E-state index contributed by atoms with van der Waals surface area (Å²) >= 11 is 0. The van der Waals surface area contributed by atoms with Gasteiger partial charge in [-0.15, -0.1) is 0 Å². The smallest absolute Gasteiger partial charge is 0.245 e. The first-order valence-electron chi connectivity index (χ1n) is 7.49. The van der Waals surface area contributed by atoms with E-state index < -0.39 is 10.0 Å². The minimum Gasteiger partial charge on any atom is -0.383 e. The van der Waals surface area contributed by atoms with Crippen LogP contribution in [0.25, 0.3) is 10.9 Å². The van der Waals surface area contributed by atoms with Gasteiger partial charge < -0.3 is 5.73 Å². The molecule has 1 aliphatic heterocycles. The van der Waals surface area contributed by atoms with Crippen LogP contribution in [0.4, 0.5) is 5.82 Å². The first-order chi connectivity index (χ1) is 11.6. The predicted octanol–water partition coefficient (Wildman–Crippen LogP) is 1.35.